The van der Waals surface area contributed by atoms with Crippen LogP contribution in [0.5, 0.6) is 0 Å². The van der Waals surface area contributed by atoms with Crippen LogP contribution in [0, 0.1) is 0 Å². The van der Waals surface area contributed by atoms with Gasteiger partial charge in [0.15, 0.2) is 0 Å². The van der Waals surface area contributed by atoms with Crippen molar-refractivity contribution in [3.8, 4) is 0 Å². The van der Waals surface area contributed by atoms with Gasteiger partial charge in [0.2, 0.25) is 0 Å². The van der Waals surface area contributed by atoms with Gasteiger partial charge >= 0.3 is 5.97 Å². The molecule has 1 rings (SSSR count). The highest BCUT2D eigenvalue weighted by Gasteiger charge is 2.25. The van der Waals surface area contributed by atoms with Gasteiger partial charge in [-0.25, -0.2) is 9.78 Å². The van der Waals surface area contributed by atoms with E-state index in [1.165, 1.54) is 12.3 Å². The molecular formula is C13H21N3O2S. The van der Waals surface area contributed by atoms with Crippen LogP contribution >= 0.6 is 11.8 Å². The van der Waals surface area contributed by atoms with Gasteiger partial charge in [-0.05, 0) is 25.2 Å². The molecule has 0 spiro atoms. The van der Waals surface area contributed by atoms with E-state index in [1.54, 1.807) is 0 Å². The predicted molar refractivity (Wildman–Crippen MR) is 80.9 cm³/mol. The van der Waals surface area contributed by atoms with Gasteiger partial charge in [0, 0.05) is 17.5 Å². The molecule has 106 valence electrons. The van der Waals surface area contributed by atoms with E-state index in [0.717, 1.165) is 19.4 Å². The molecule has 1 heterocycles. The number of nitrogens with two attached hydrogens (primary N) is 1. The van der Waals surface area contributed by atoms with Crippen molar-refractivity contribution in [1.29, 1.82) is 0 Å². The SMILES string of the molecule is CCC(CC)(CNc1ncc(C(=O)O)cc1N)SC. The summed E-state index contributed by atoms with van der Waals surface area (Å²) in [7, 11) is 0. The second-order valence-corrected chi connectivity index (χ2v) is 5.69. The molecule has 0 aromatic carbocycles. The Kier molecular flexibility index (Phi) is 5.47. The third kappa shape index (κ3) is 3.76. The predicted octanol–water partition coefficient (Wildman–Crippen LogP) is 2.70. The average Bonchev–Trinajstić information content (AvgIpc) is 2.42. The summed E-state index contributed by atoms with van der Waals surface area (Å²) >= 11 is 1.83. The van der Waals surface area contributed by atoms with Crippen molar-refractivity contribution in [3.63, 3.8) is 0 Å². The maximum atomic E-state index is 10.8. The molecule has 0 amide bonds. The van der Waals surface area contributed by atoms with E-state index in [0.29, 0.717) is 11.5 Å². The Morgan fingerprint density at radius 2 is 2.16 bits per heavy atom. The zero-order chi connectivity index (χ0) is 14.5. The number of aromatic carboxylic acids is 1. The number of pyridine rings is 1. The smallest absolute Gasteiger partial charge is 0.337 e. The summed E-state index contributed by atoms with van der Waals surface area (Å²) < 4.78 is 0.152. The second-order valence-electron chi connectivity index (χ2n) is 4.41. The molecule has 0 aliphatic rings. The Labute approximate surface area is 118 Å². The fraction of sp³-hybridized carbons (Fsp3) is 0.538. The van der Waals surface area contributed by atoms with Crippen molar-refractivity contribution in [3.05, 3.63) is 17.8 Å². The molecule has 1 aromatic heterocycles. The lowest BCUT2D eigenvalue weighted by Gasteiger charge is -2.30. The molecule has 0 saturated heterocycles. The number of carboxylic acids is 1. The Hall–Kier alpha value is -1.43. The van der Waals surface area contributed by atoms with E-state index < -0.39 is 5.97 Å². The first-order valence-corrected chi connectivity index (χ1v) is 7.48. The van der Waals surface area contributed by atoms with Crippen LogP contribution in [-0.2, 0) is 0 Å². The van der Waals surface area contributed by atoms with Crippen molar-refractivity contribution in [1.82, 2.24) is 4.98 Å². The van der Waals surface area contributed by atoms with Crippen LogP contribution in [0.3, 0.4) is 0 Å². The molecule has 6 heteroatoms. The van der Waals surface area contributed by atoms with Crippen LogP contribution < -0.4 is 11.1 Å². The third-order valence-corrected chi connectivity index (χ3v) is 5.05. The van der Waals surface area contributed by atoms with Gasteiger partial charge in [-0.2, -0.15) is 11.8 Å². The van der Waals surface area contributed by atoms with Crippen LogP contribution in [0.4, 0.5) is 11.5 Å². The van der Waals surface area contributed by atoms with Crippen LogP contribution in [0.25, 0.3) is 0 Å². The fourth-order valence-corrected chi connectivity index (χ4v) is 2.65. The van der Waals surface area contributed by atoms with Gasteiger partial charge in [-0.15, -0.1) is 0 Å². The van der Waals surface area contributed by atoms with Gasteiger partial charge in [0.1, 0.15) is 5.82 Å². The lowest BCUT2D eigenvalue weighted by Crippen LogP contribution is -2.32. The molecule has 1 aromatic rings. The maximum Gasteiger partial charge on any atom is 0.337 e. The van der Waals surface area contributed by atoms with E-state index in [1.807, 2.05) is 11.8 Å². The van der Waals surface area contributed by atoms with Crippen molar-refractivity contribution >= 4 is 29.2 Å². The summed E-state index contributed by atoms with van der Waals surface area (Å²) in [5.41, 5.74) is 6.28. The Bertz CT molecular complexity index is 439. The molecule has 0 radical (unpaired) electrons. The minimum absolute atomic E-state index is 0.102. The number of rotatable bonds is 7. The first-order chi connectivity index (χ1) is 8.98. The summed E-state index contributed by atoms with van der Waals surface area (Å²) in [5, 5.41) is 12.1. The molecule has 19 heavy (non-hydrogen) atoms. The summed E-state index contributed by atoms with van der Waals surface area (Å²) in [6, 6.07) is 1.43. The quantitative estimate of drug-likeness (QED) is 0.713. The largest absolute Gasteiger partial charge is 0.478 e. The standard InChI is InChI=1S/C13H21N3O2S/c1-4-13(5-2,19-3)8-16-11-10(14)6-9(7-15-11)12(17)18/h6-7H,4-5,8,14H2,1-3H3,(H,15,16)(H,17,18). The summed E-state index contributed by atoms with van der Waals surface area (Å²) in [5.74, 6) is -0.475. The maximum absolute atomic E-state index is 10.8. The van der Waals surface area contributed by atoms with Crippen molar-refractivity contribution in [2.24, 2.45) is 0 Å². The number of thioether (sulfide) groups is 1. The van der Waals surface area contributed by atoms with E-state index in [9.17, 15) is 4.79 Å². The lowest BCUT2D eigenvalue weighted by molar-refractivity contribution is 0.0696. The number of aromatic nitrogens is 1. The van der Waals surface area contributed by atoms with Gasteiger partial charge in [0.25, 0.3) is 0 Å². The topological polar surface area (TPSA) is 88.2 Å². The van der Waals surface area contributed by atoms with E-state index in [2.05, 4.69) is 30.4 Å². The number of hydrogen-bond donors (Lipinski definition) is 3. The number of nitrogen functional groups attached to an aromatic ring is 1. The minimum Gasteiger partial charge on any atom is -0.478 e. The summed E-state index contributed by atoms with van der Waals surface area (Å²) in [6.07, 6.45) is 5.51. The van der Waals surface area contributed by atoms with Crippen molar-refractivity contribution in [2.45, 2.75) is 31.4 Å². The molecule has 0 unspecified atom stereocenters. The molecule has 0 saturated carbocycles. The van der Waals surface area contributed by atoms with E-state index >= 15 is 0 Å². The first kappa shape index (κ1) is 15.6. The highest BCUT2D eigenvalue weighted by molar-refractivity contribution is 8.00. The Balaban J connectivity index is 2.80. The van der Waals surface area contributed by atoms with Crippen molar-refractivity contribution in [2.75, 3.05) is 23.9 Å². The molecule has 5 nitrogen and oxygen atoms in total. The van der Waals surface area contributed by atoms with E-state index in [4.69, 9.17) is 10.8 Å². The number of carboxylic acid groups (broad SMARTS) is 1. The van der Waals surface area contributed by atoms with Crippen LogP contribution in [0.15, 0.2) is 12.3 Å². The molecular weight excluding hydrogens is 262 g/mol. The summed E-state index contributed by atoms with van der Waals surface area (Å²) in [6.45, 7) is 5.07. The third-order valence-electron chi connectivity index (χ3n) is 3.46. The van der Waals surface area contributed by atoms with E-state index in [-0.39, 0.29) is 10.3 Å². The molecule has 0 fully saturated rings. The van der Waals surface area contributed by atoms with Gasteiger partial charge in [-0.1, -0.05) is 13.8 Å². The van der Waals surface area contributed by atoms with Crippen molar-refractivity contribution < 1.29 is 9.90 Å². The highest BCUT2D eigenvalue weighted by atomic mass is 32.2. The zero-order valence-electron chi connectivity index (χ0n) is 11.6. The molecule has 0 aliphatic carbocycles. The number of carbonyl (C=O) groups is 1. The Morgan fingerprint density at radius 1 is 1.53 bits per heavy atom. The lowest BCUT2D eigenvalue weighted by atomic mass is 10.0. The highest BCUT2D eigenvalue weighted by Crippen LogP contribution is 2.31. The molecule has 0 aliphatic heterocycles. The average molecular weight is 283 g/mol. The van der Waals surface area contributed by atoms with Gasteiger partial charge in [0.05, 0.1) is 11.3 Å². The van der Waals surface area contributed by atoms with Gasteiger partial charge < -0.3 is 16.2 Å². The Morgan fingerprint density at radius 3 is 2.58 bits per heavy atom. The van der Waals surface area contributed by atoms with Crippen LogP contribution in [0.2, 0.25) is 0 Å². The fourth-order valence-electron chi connectivity index (χ4n) is 1.85. The number of hydrogen-bond acceptors (Lipinski definition) is 5. The monoisotopic (exact) mass is 283 g/mol. The number of anilines is 2. The molecule has 4 N–H and O–H groups in total. The summed E-state index contributed by atoms with van der Waals surface area (Å²) in [4.78, 5) is 14.9. The van der Waals surface area contributed by atoms with Crippen LogP contribution in [-0.4, -0.2) is 33.6 Å². The molecule has 0 atom stereocenters. The van der Waals surface area contributed by atoms with Crippen LogP contribution in [0.1, 0.15) is 37.0 Å². The number of nitrogens with zero attached hydrogens (tertiary/aromatic N) is 1. The second kappa shape index (κ2) is 6.65. The molecule has 0 bridgehead atoms. The number of nitrogens with one attached hydrogen (secondary N) is 1. The zero-order valence-corrected chi connectivity index (χ0v) is 12.4. The first-order valence-electron chi connectivity index (χ1n) is 6.26. The normalized spacial score (nSPS) is 11.3. The van der Waals surface area contributed by atoms with Gasteiger partial charge in [-0.3, -0.25) is 0 Å². The minimum atomic E-state index is -1.02.